The van der Waals surface area contributed by atoms with Gasteiger partial charge in [0.25, 0.3) is 0 Å². The quantitative estimate of drug-likeness (QED) is 0.794. The maximum absolute atomic E-state index is 5.27. The normalized spacial score (nSPS) is 13.1. The fourth-order valence-corrected chi connectivity index (χ4v) is 2.31. The van der Waals surface area contributed by atoms with E-state index >= 15 is 0 Å². The molecule has 17 heavy (non-hydrogen) atoms. The summed E-state index contributed by atoms with van der Waals surface area (Å²) >= 11 is 0. The molecule has 0 aliphatic carbocycles. The fourth-order valence-electron chi connectivity index (χ4n) is 2.31. The van der Waals surface area contributed by atoms with Gasteiger partial charge in [0.15, 0.2) is 0 Å². The predicted octanol–water partition coefficient (Wildman–Crippen LogP) is 2.52. The van der Waals surface area contributed by atoms with Crippen LogP contribution in [0, 0.1) is 5.92 Å². The SMILES string of the molecule is CCNC(c1cc(OC)n(C)n1)C(CC)CC. The molecule has 1 rings (SSSR count). The van der Waals surface area contributed by atoms with E-state index in [4.69, 9.17) is 4.74 Å². The Hall–Kier alpha value is -1.03. The van der Waals surface area contributed by atoms with E-state index in [-0.39, 0.29) is 0 Å². The van der Waals surface area contributed by atoms with Gasteiger partial charge < -0.3 is 10.1 Å². The van der Waals surface area contributed by atoms with Gasteiger partial charge in [0.05, 0.1) is 18.8 Å². The van der Waals surface area contributed by atoms with Crippen LogP contribution in [0.25, 0.3) is 0 Å². The number of aromatic nitrogens is 2. The maximum Gasteiger partial charge on any atom is 0.211 e. The third-order valence-corrected chi connectivity index (χ3v) is 3.33. The third-order valence-electron chi connectivity index (χ3n) is 3.33. The van der Waals surface area contributed by atoms with Crippen LogP contribution in [0.1, 0.15) is 45.3 Å². The molecule has 1 atom stereocenters. The van der Waals surface area contributed by atoms with Crippen molar-refractivity contribution in [2.24, 2.45) is 13.0 Å². The first-order valence-electron chi connectivity index (χ1n) is 6.49. The van der Waals surface area contributed by atoms with Crippen LogP contribution in [-0.4, -0.2) is 23.4 Å². The standard InChI is InChI=1S/C13H25N3O/c1-6-10(7-2)13(14-8-3)11-9-12(17-5)16(4)15-11/h9-10,13-14H,6-8H2,1-5H3. The first kappa shape index (κ1) is 14.0. The van der Waals surface area contributed by atoms with Gasteiger partial charge in [0.1, 0.15) is 0 Å². The van der Waals surface area contributed by atoms with E-state index in [9.17, 15) is 0 Å². The van der Waals surface area contributed by atoms with Crippen LogP contribution in [0.4, 0.5) is 0 Å². The highest BCUT2D eigenvalue weighted by Crippen LogP contribution is 2.28. The largest absolute Gasteiger partial charge is 0.481 e. The van der Waals surface area contributed by atoms with E-state index in [1.807, 2.05) is 13.1 Å². The lowest BCUT2D eigenvalue weighted by molar-refractivity contribution is 0.338. The van der Waals surface area contributed by atoms with Crippen LogP contribution in [0.2, 0.25) is 0 Å². The molecule has 1 heterocycles. The average Bonchev–Trinajstić information content (AvgIpc) is 2.70. The van der Waals surface area contributed by atoms with Crippen molar-refractivity contribution in [3.63, 3.8) is 0 Å². The van der Waals surface area contributed by atoms with Gasteiger partial charge in [-0.05, 0) is 12.5 Å². The van der Waals surface area contributed by atoms with E-state index in [1.54, 1.807) is 11.8 Å². The number of nitrogens with one attached hydrogen (secondary N) is 1. The van der Waals surface area contributed by atoms with Gasteiger partial charge in [0.2, 0.25) is 5.88 Å². The Bertz CT molecular complexity index is 331. The number of methoxy groups -OCH3 is 1. The molecular weight excluding hydrogens is 214 g/mol. The van der Waals surface area contributed by atoms with Gasteiger partial charge in [-0.3, -0.25) is 0 Å². The molecule has 1 unspecified atom stereocenters. The summed E-state index contributed by atoms with van der Waals surface area (Å²) in [6.07, 6.45) is 2.32. The highest BCUT2D eigenvalue weighted by Gasteiger charge is 2.23. The molecule has 4 nitrogen and oxygen atoms in total. The summed E-state index contributed by atoms with van der Waals surface area (Å²) in [5.74, 6) is 1.43. The van der Waals surface area contributed by atoms with Crippen LogP contribution in [0.15, 0.2) is 6.07 Å². The van der Waals surface area contributed by atoms with Crippen LogP contribution in [0.3, 0.4) is 0 Å². The predicted molar refractivity (Wildman–Crippen MR) is 70.2 cm³/mol. The molecule has 0 saturated carbocycles. The molecule has 0 saturated heterocycles. The lowest BCUT2D eigenvalue weighted by Crippen LogP contribution is -2.28. The van der Waals surface area contributed by atoms with Crippen molar-refractivity contribution in [1.82, 2.24) is 15.1 Å². The molecule has 4 heteroatoms. The van der Waals surface area contributed by atoms with E-state index in [2.05, 4.69) is 31.2 Å². The zero-order valence-corrected chi connectivity index (χ0v) is 11.7. The summed E-state index contributed by atoms with van der Waals surface area (Å²) in [5.41, 5.74) is 1.08. The third kappa shape index (κ3) is 3.22. The van der Waals surface area contributed by atoms with E-state index in [1.165, 1.54) is 0 Å². The zero-order valence-electron chi connectivity index (χ0n) is 11.7. The molecule has 0 bridgehead atoms. The van der Waals surface area contributed by atoms with Crippen molar-refractivity contribution >= 4 is 0 Å². The van der Waals surface area contributed by atoms with Gasteiger partial charge >= 0.3 is 0 Å². The van der Waals surface area contributed by atoms with Crippen molar-refractivity contribution in [1.29, 1.82) is 0 Å². The highest BCUT2D eigenvalue weighted by molar-refractivity contribution is 5.19. The molecular formula is C13H25N3O. The van der Waals surface area contributed by atoms with Gasteiger partial charge in [-0.25, -0.2) is 4.68 Å². The maximum atomic E-state index is 5.27. The Kier molecular flexibility index (Phi) is 5.48. The van der Waals surface area contributed by atoms with Crippen molar-refractivity contribution in [3.8, 4) is 5.88 Å². The number of ether oxygens (including phenoxy) is 1. The number of aryl methyl sites for hydroxylation is 1. The van der Waals surface area contributed by atoms with Gasteiger partial charge in [-0.2, -0.15) is 5.10 Å². The van der Waals surface area contributed by atoms with E-state index < -0.39 is 0 Å². The van der Waals surface area contributed by atoms with Gasteiger partial charge in [-0.1, -0.05) is 33.6 Å². The van der Waals surface area contributed by atoms with Gasteiger partial charge in [0, 0.05) is 13.1 Å². The van der Waals surface area contributed by atoms with Crippen LogP contribution in [0.5, 0.6) is 5.88 Å². The second-order valence-electron chi connectivity index (χ2n) is 4.35. The second-order valence-corrected chi connectivity index (χ2v) is 4.35. The lowest BCUT2D eigenvalue weighted by Gasteiger charge is -2.24. The molecule has 0 spiro atoms. The average molecular weight is 239 g/mol. The molecule has 0 aromatic carbocycles. The Labute approximate surface area is 104 Å². The first-order chi connectivity index (χ1) is 8.17. The number of rotatable bonds is 7. The van der Waals surface area contributed by atoms with Crippen LogP contribution >= 0.6 is 0 Å². The second kappa shape index (κ2) is 6.64. The van der Waals surface area contributed by atoms with Crippen molar-refractivity contribution in [3.05, 3.63) is 11.8 Å². The molecule has 1 N–H and O–H groups in total. The lowest BCUT2D eigenvalue weighted by atomic mass is 9.92. The topological polar surface area (TPSA) is 39.1 Å². The molecule has 1 aromatic heterocycles. The molecule has 1 aromatic rings. The number of hydrogen-bond acceptors (Lipinski definition) is 3. The number of nitrogens with zero attached hydrogens (tertiary/aromatic N) is 2. The van der Waals surface area contributed by atoms with E-state index in [0.717, 1.165) is 31.0 Å². The van der Waals surface area contributed by atoms with Crippen LogP contribution < -0.4 is 10.1 Å². The minimum atomic E-state index is 0.324. The van der Waals surface area contributed by atoms with Crippen molar-refractivity contribution < 1.29 is 4.74 Å². The summed E-state index contributed by atoms with van der Waals surface area (Å²) in [7, 11) is 3.60. The Balaban J connectivity index is 2.95. The summed E-state index contributed by atoms with van der Waals surface area (Å²) in [4.78, 5) is 0. The molecule has 98 valence electrons. The fraction of sp³-hybridized carbons (Fsp3) is 0.769. The van der Waals surface area contributed by atoms with Gasteiger partial charge in [-0.15, -0.1) is 0 Å². The summed E-state index contributed by atoms with van der Waals surface area (Å²) in [6, 6.07) is 2.36. The molecule has 0 amide bonds. The van der Waals surface area contributed by atoms with Crippen molar-refractivity contribution in [2.75, 3.05) is 13.7 Å². The zero-order chi connectivity index (χ0) is 12.8. The first-order valence-corrected chi connectivity index (χ1v) is 6.49. The minimum Gasteiger partial charge on any atom is -0.481 e. The summed E-state index contributed by atoms with van der Waals surface area (Å²) in [6.45, 7) is 7.56. The van der Waals surface area contributed by atoms with Crippen LogP contribution in [-0.2, 0) is 7.05 Å². The summed E-state index contributed by atoms with van der Waals surface area (Å²) in [5, 5.41) is 8.08. The molecule has 0 aliphatic heterocycles. The smallest absolute Gasteiger partial charge is 0.211 e. The van der Waals surface area contributed by atoms with Crippen molar-refractivity contribution in [2.45, 2.75) is 39.7 Å². The molecule has 0 radical (unpaired) electrons. The summed E-state index contributed by atoms with van der Waals surface area (Å²) < 4.78 is 7.07. The number of hydrogen-bond donors (Lipinski definition) is 1. The molecule has 0 aliphatic rings. The highest BCUT2D eigenvalue weighted by atomic mass is 16.5. The minimum absolute atomic E-state index is 0.324. The Morgan fingerprint density at radius 3 is 2.41 bits per heavy atom. The van der Waals surface area contributed by atoms with E-state index in [0.29, 0.717) is 12.0 Å². The Morgan fingerprint density at radius 2 is 2.00 bits per heavy atom. The monoisotopic (exact) mass is 239 g/mol. The molecule has 0 fully saturated rings. The Morgan fingerprint density at radius 1 is 1.35 bits per heavy atom.